The Balaban J connectivity index is 1.23. The Hall–Kier alpha value is -5.68. The second-order valence-electron chi connectivity index (χ2n) is 13.7. The highest BCUT2D eigenvalue weighted by Crippen LogP contribution is 2.52. The number of hydrogen-bond donors (Lipinski definition) is 3. The molecular formula is C39H37N5O6. The van der Waals surface area contributed by atoms with Crippen LogP contribution in [0.5, 0.6) is 0 Å². The molecule has 4 heterocycles. The minimum absolute atomic E-state index is 0.0176. The number of rotatable bonds is 6. The zero-order chi connectivity index (χ0) is 34.7. The van der Waals surface area contributed by atoms with Gasteiger partial charge in [-0.1, -0.05) is 86.6 Å². The minimum atomic E-state index is -1.88. The van der Waals surface area contributed by atoms with Gasteiger partial charge in [0.05, 0.1) is 28.5 Å². The van der Waals surface area contributed by atoms with E-state index in [-0.39, 0.29) is 30.8 Å². The number of nitrogens with zero attached hydrogens (tertiary/aromatic N) is 3. The summed E-state index contributed by atoms with van der Waals surface area (Å²) in [6, 6.07) is 28.6. The van der Waals surface area contributed by atoms with Crippen molar-refractivity contribution in [3.05, 3.63) is 125 Å². The van der Waals surface area contributed by atoms with E-state index in [0.717, 1.165) is 5.56 Å². The molecule has 4 aliphatic rings. The summed E-state index contributed by atoms with van der Waals surface area (Å²) in [5.41, 5.74) is 1.61. The quantitative estimate of drug-likeness (QED) is 0.256. The van der Waals surface area contributed by atoms with E-state index in [1.54, 1.807) is 71.6 Å². The molecule has 0 saturated carbocycles. The zero-order valence-electron chi connectivity index (χ0n) is 27.7. The predicted octanol–water partition coefficient (Wildman–Crippen LogP) is 5.21. The van der Waals surface area contributed by atoms with Crippen molar-refractivity contribution >= 4 is 40.9 Å². The van der Waals surface area contributed by atoms with Gasteiger partial charge in [0.15, 0.2) is 0 Å². The van der Waals surface area contributed by atoms with Crippen LogP contribution in [-0.2, 0) is 21.7 Å². The third-order valence-corrected chi connectivity index (χ3v) is 10.1. The van der Waals surface area contributed by atoms with E-state index >= 15 is 0 Å². The number of nitrogens with one attached hydrogen (secondary N) is 2. The van der Waals surface area contributed by atoms with Gasteiger partial charge in [0.25, 0.3) is 17.7 Å². The van der Waals surface area contributed by atoms with E-state index in [1.165, 1.54) is 9.80 Å². The maximum Gasteiger partial charge on any atom is 0.412 e. The fourth-order valence-corrected chi connectivity index (χ4v) is 7.99. The van der Waals surface area contributed by atoms with Crippen molar-refractivity contribution < 1.29 is 29.0 Å². The number of ether oxygens (including phenoxy) is 1. The lowest BCUT2D eigenvalue weighted by Crippen LogP contribution is -2.62. The summed E-state index contributed by atoms with van der Waals surface area (Å²) >= 11 is 0. The summed E-state index contributed by atoms with van der Waals surface area (Å²) < 4.78 is 5.84. The van der Waals surface area contributed by atoms with Crippen LogP contribution in [0.2, 0.25) is 0 Å². The summed E-state index contributed by atoms with van der Waals surface area (Å²) in [6.07, 6.45) is -2.54. The number of amides is 4. The topological polar surface area (TPSA) is 132 Å². The van der Waals surface area contributed by atoms with Crippen molar-refractivity contribution in [1.82, 2.24) is 10.2 Å². The first-order chi connectivity index (χ1) is 24.2. The Kier molecular flexibility index (Phi) is 7.60. The van der Waals surface area contributed by atoms with Gasteiger partial charge in [-0.3, -0.25) is 29.1 Å². The van der Waals surface area contributed by atoms with Gasteiger partial charge in [0, 0.05) is 17.7 Å². The Morgan fingerprint density at radius 3 is 2.24 bits per heavy atom. The van der Waals surface area contributed by atoms with Gasteiger partial charge in [0.1, 0.15) is 30.6 Å². The van der Waals surface area contributed by atoms with Crippen molar-refractivity contribution in [3.8, 4) is 0 Å². The fraction of sp³-hybridized carbons (Fsp3) is 0.282. The van der Waals surface area contributed by atoms with E-state index in [9.17, 15) is 24.3 Å². The number of hydrogen-bond acceptors (Lipinski definition) is 7. The number of carbonyl (C=O) groups excluding carboxylic acids is 4. The smallest absolute Gasteiger partial charge is 0.412 e. The van der Waals surface area contributed by atoms with Crippen LogP contribution in [0.15, 0.2) is 103 Å². The second kappa shape index (κ2) is 12.0. The Bertz CT molecular complexity index is 2020. The lowest BCUT2D eigenvalue weighted by molar-refractivity contribution is -0.120. The molecule has 8 rings (SSSR count). The van der Waals surface area contributed by atoms with Gasteiger partial charge in [0.2, 0.25) is 0 Å². The third kappa shape index (κ3) is 4.91. The van der Waals surface area contributed by atoms with E-state index in [0.29, 0.717) is 40.2 Å². The molecule has 254 valence electrons. The van der Waals surface area contributed by atoms with Crippen LogP contribution in [-0.4, -0.2) is 58.2 Å². The van der Waals surface area contributed by atoms with Gasteiger partial charge in [-0.25, -0.2) is 4.79 Å². The SMILES string of the molecule is CC(C)C[C@H]1C(=O)N2c3ccccc3[C@@](O)(C[C@@H]3NC(=O)c4ccccc4N4C(=O)c5ccccc5N[C@H]34)[C@H]2N1C(=O)OCc1ccccc1. The molecular weight excluding hydrogens is 634 g/mol. The van der Waals surface area contributed by atoms with Crippen molar-refractivity contribution in [1.29, 1.82) is 0 Å². The van der Waals surface area contributed by atoms with Crippen LogP contribution in [0.25, 0.3) is 0 Å². The number of carbonyl (C=O) groups is 4. The van der Waals surface area contributed by atoms with Crippen LogP contribution in [0, 0.1) is 5.92 Å². The molecule has 11 heteroatoms. The van der Waals surface area contributed by atoms with Crippen LogP contribution in [0.3, 0.4) is 0 Å². The Morgan fingerprint density at radius 2 is 1.48 bits per heavy atom. The largest absolute Gasteiger partial charge is 0.444 e. The van der Waals surface area contributed by atoms with Gasteiger partial charge >= 0.3 is 6.09 Å². The summed E-state index contributed by atoms with van der Waals surface area (Å²) in [4.78, 5) is 61.1. The van der Waals surface area contributed by atoms with E-state index in [1.807, 2.05) is 50.2 Å². The van der Waals surface area contributed by atoms with Gasteiger partial charge in [-0.05, 0) is 48.2 Å². The first-order valence-electron chi connectivity index (χ1n) is 16.9. The molecule has 1 saturated heterocycles. The molecule has 4 aromatic rings. The van der Waals surface area contributed by atoms with Crippen molar-refractivity contribution in [2.24, 2.45) is 5.92 Å². The molecule has 3 N–H and O–H groups in total. The minimum Gasteiger partial charge on any atom is -0.444 e. The summed E-state index contributed by atoms with van der Waals surface area (Å²) in [7, 11) is 0. The molecule has 4 aliphatic heterocycles. The van der Waals surface area contributed by atoms with Crippen LogP contribution in [0.1, 0.15) is 58.5 Å². The molecule has 1 fully saturated rings. The number of para-hydroxylation sites is 3. The van der Waals surface area contributed by atoms with Crippen molar-refractivity contribution in [2.45, 2.75) is 63.3 Å². The van der Waals surface area contributed by atoms with Crippen LogP contribution >= 0.6 is 0 Å². The highest BCUT2D eigenvalue weighted by atomic mass is 16.6. The Labute approximate surface area is 289 Å². The van der Waals surface area contributed by atoms with E-state index in [2.05, 4.69) is 10.6 Å². The molecule has 0 unspecified atom stereocenters. The fourth-order valence-electron chi connectivity index (χ4n) is 7.99. The number of fused-ring (bicyclic) bond motifs is 7. The molecule has 0 aromatic heterocycles. The third-order valence-electron chi connectivity index (χ3n) is 10.1. The summed E-state index contributed by atoms with van der Waals surface area (Å²) in [5, 5.41) is 19.7. The summed E-state index contributed by atoms with van der Waals surface area (Å²) in [5.74, 6) is -0.979. The average Bonchev–Trinajstić information content (AvgIpc) is 3.50. The van der Waals surface area contributed by atoms with E-state index in [4.69, 9.17) is 4.74 Å². The molecule has 0 bridgehead atoms. The van der Waals surface area contributed by atoms with Crippen molar-refractivity contribution in [3.63, 3.8) is 0 Å². The normalized spacial score (nSPS) is 24.8. The van der Waals surface area contributed by atoms with Gasteiger partial charge in [-0.2, -0.15) is 0 Å². The number of aliphatic hydroxyl groups is 1. The second-order valence-corrected chi connectivity index (χ2v) is 13.7. The number of benzene rings is 4. The highest BCUT2D eigenvalue weighted by molar-refractivity contribution is 6.15. The van der Waals surface area contributed by atoms with E-state index < -0.39 is 42.0 Å². The lowest BCUT2D eigenvalue weighted by Gasteiger charge is -2.44. The lowest BCUT2D eigenvalue weighted by atomic mass is 9.84. The Morgan fingerprint density at radius 1 is 0.820 bits per heavy atom. The summed E-state index contributed by atoms with van der Waals surface area (Å²) in [6.45, 7) is 3.93. The monoisotopic (exact) mass is 671 g/mol. The molecule has 0 radical (unpaired) electrons. The molecule has 4 amide bonds. The number of anilines is 3. The first kappa shape index (κ1) is 31.6. The molecule has 0 spiro atoms. The predicted molar refractivity (Wildman–Crippen MR) is 186 cm³/mol. The maximum atomic E-state index is 14.3. The molecule has 4 aromatic carbocycles. The van der Waals surface area contributed by atoms with Gasteiger partial charge in [-0.15, -0.1) is 0 Å². The highest BCUT2D eigenvalue weighted by Gasteiger charge is 2.64. The zero-order valence-corrected chi connectivity index (χ0v) is 27.7. The molecule has 11 nitrogen and oxygen atoms in total. The van der Waals surface area contributed by atoms with Crippen molar-refractivity contribution in [2.75, 3.05) is 15.1 Å². The van der Waals surface area contributed by atoms with Crippen LogP contribution in [0.4, 0.5) is 21.9 Å². The first-order valence-corrected chi connectivity index (χ1v) is 16.9. The van der Waals surface area contributed by atoms with Crippen LogP contribution < -0.4 is 20.4 Å². The van der Waals surface area contributed by atoms with Gasteiger partial charge < -0.3 is 20.5 Å². The average molecular weight is 672 g/mol. The molecule has 5 atom stereocenters. The molecule has 50 heavy (non-hydrogen) atoms. The molecule has 0 aliphatic carbocycles. The maximum absolute atomic E-state index is 14.3. The standard InChI is InChI=1S/C39H37N5O6/c1-23(2)20-32-36(47)43-31-19-11-8-16-27(31)39(49,37(43)44(32)38(48)50-22-24-12-4-3-5-13-24)21-29-33-40-28-17-9-6-14-25(28)35(46)42(33)30-18-10-7-15-26(30)34(45)41-29/h3-19,23,29,32-33,37,40,49H,20-22H2,1-2H3,(H,41,45)/t29-,32-,33-,37+,39-/m0/s1.